The number of hydrogen-bond acceptors (Lipinski definition) is 4. The Hall–Kier alpha value is -1.39. The lowest BCUT2D eigenvalue weighted by molar-refractivity contribution is -0.145. The minimum atomic E-state index is -0.0826. The zero-order chi connectivity index (χ0) is 15.8. The van der Waals surface area contributed by atoms with E-state index >= 15 is 0 Å². The molecule has 122 valence electrons. The van der Waals surface area contributed by atoms with E-state index < -0.39 is 0 Å². The average molecular weight is 304 g/mol. The molecule has 0 amide bonds. The Morgan fingerprint density at radius 1 is 1.14 bits per heavy atom. The van der Waals surface area contributed by atoms with Crippen molar-refractivity contribution in [3.63, 3.8) is 0 Å². The molecular formula is C18H28N2O2. The van der Waals surface area contributed by atoms with Crippen LogP contribution in [0.4, 0.5) is 0 Å². The van der Waals surface area contributed by atoms with Crippen molar-refractivity contribution in [2.24, 2.45) is 0 Å². The number of carbonyl (C=O) groups is 1. The van der Waals surface area contributed by atoms with E-state index in [0.717, 1.165) is 45.6 Å². The third-order valence-corrected chi connectivity index (χ3v) is 4.23. The molecule has 0 N–H and O–H groups in total. The van der Waals surface area contributed by atoms with E-state index in [0.29, 0.717) is 13.2 Å². The minimum absolute atomic E-state index is 0.0826. The molecule has 1 aromatic rings. The van der Waals surface area contributed by atoms with Crippen molar-refractivity contribution in [1.29, 1.82) is 0 Å². The van der Waals surface area contributed by atoms with Crippen molar-refractivity contribution in [3.8, 4) is 0 Å². The zero-order valence-corrected chi connectivity index (χ0v) is 13.9. The molecule has 0 atom stereocenters. The van der Waals surface area contributed by atoms with Gasteiger partial charge in [0.1, 0.15) is 0 Å². The van der Waals surface area contributed by atoms with Gasteiger partial charge in [-0.2, -0.15) is 0 Å². The number of hydrogen-bond donors (Lipinski definition) is 0. The van der Waals surface area contributed by atoms with Crippen molar-refractivity contribution in [1.82, 2.24) is 9.80 Å². The van der Waals surface area contributed by atoms with Crippen LogP contribution in [0.3, 0.4) is 0 Å². The summed E-state index contributed by atoms with van der Waals surface area (Å²) in [6.45, 7) is 10.2. The summed E-state index contributed by atoms with van der Waals surface area (Å²) >= 11 is 0. The van der Waals surface area contributed by atoms with Gasteiger partial charge in [0.25, 0.3) is 0 Å². The van der Waals surface area contributed by atoms with Gasteiger partial charge in [-0.15, -0.1) is 0 Å². The van der Waals surface area contributed by atoms with Crippen LogP contribution in [0.15, 0.2) is 24.3 Å². The van der Waals surface area contributed by atoms with E-state index in [2.05, 4.69) is 47.9 Å². The summed E-state index contributed by atoms with van der Waals surface area (Å²) in [6.07, 6.45) is 2.01. The Balaban J connectivity index is 1.69. The summed E-state index contributed by atoms with van der Waals surface area (Å²) in [6, 6.07) is 8.55. The first-order chi connectivity index (χ1) is 10.7. The largest absolute Gasteiger partial charge is 0.465 e. The van der Waals surface area contributed by atoms with Gasteiger partial charge in [0.15, 0.2) is 0 Å². The summed E-state index contributed by atoms with van der Waals surface area (Å²) in [5.74, 6) is -0.0826. The van der Waals surface area contributed by atoms with Crippen LogP contribution in [0.5, 0.6) is 0 Å². The third-order valence-electron chi connectivity index (χ3n) is 4.23. The Morgan fingerprint density at radius 3 is 2.50 bits per heavy atom. The smallest absolute Gasteiger partial charge is 0.320 e. The molecule has 0 radical (unpaired) electrons. The number of esters is 1. The normalized spacial score (nSPS) is 16.6. The number of nitrogens with zero attached hydrogens (tertiary/aromatic N) is 2. The molecule has 22 heavy (non-hydrogen) atoms. The highest BCUT2D eigenvalue weighted by molar-refractivity contribution is 5.71. The van der Waals surface area contributed by atoms with Crippen molar-refractivity contribution >= 4 is 5.97 Å². The Bertz CT molecular complexity index is 468. The molecule has 1 heterocycles. The third kappa shape index (κ3) is 5.43. The van der Waals surface area contributed by atoms with Crippen LogP contribution in [0.2, 0.25) is 0 Å². The molecule has 0 bridgehead atoms. The van der Waals surface area contributed by atoms with E-state index in [1.807, 2.05) is 0 Å². The van der Waals surface area contributed by atoms with Crippen LogP contribution in [0, 0.1) is 6.92 Å². The molecule has 0 unspecified atom stereocenters. The maximum absolute atomic E-state index is 11.7. The number of aryl methyl sites for hydroxylation is 1. The average Bonchev–Trinajstić information content (AvgIpc) is 2.52. The van der Waals surface area contributed by atoms with Crippen LogP contribution in [0.1, 0.15) is 30.9 Å². The van der Waals surface area contributed by atoms with E-state index in [1.165, 1.54) is 11.1 Å². The first-order valence-corrected chi connectivity index (χ1v) is 8.34. The van der Waals surface area contributed by atoms with Crippen LogP contribution in [-0.4, -0.2) is 55.1 Å². The molecule has 0 saturated carbocycles. The Kier molecular flexibility index (Phi) is 6.87. The lowest BCUT2D eigenvalue weighted by Crippen LogP contribution is -2.47. The summed E-state index contributed by atoms with van der Waals surface area (Å²) in [5, 5.41) is 0. The van der Waals surface area contributed by atoms with E-state index in [-0.39, 0.29) is 5.97 Å². The van der Waals surface area contributed by atoms with Gasteiger partial charge in [-0.1, -0.05) is 37.6 Å². The van der Waals surface area contributed by atoms with Crippen molar-refractivity contribution < 1.29 is 9.53 Å². The van der Waals surface area contributed by atoms with Crippen LogP contribution >= 0.6 is 0 Å². The summed E-state index contributed by atoms with van der Waals surface area (Å²) < 4.78 is 5.23. The summed E-state index contributed by atoms with van der Waals surface area (Å²) in [4.78, 5) is 16.4. The first-order valence-electron chi connectivity index (χ1n) is 8.34. The summed E-state index contributed by atoms with van der Waals surface area (Å²) in [7, 11) is 0. The van der Waals surface area contributed by atoms with E-state index in [9.17, 15) is 4.79 Å². The molecule has 1 aliphatic rings. The lowest BCUT2D eigenvalue weighted by Gasteiger charge is -2.34. The molecule has 1 aliphatic heterocycles. The second kappa shape index (κ2) is 8.91. The fourth-order valence-corrected chi connectivity index (χ4v) is 2.69. The standard InChI is InChI=1S/C18H28N2O2/c1-3-4-13-22-18(21)15-20-11-9-19(10-12-20)14-17-8-6-5-7-16(17)2/h5-8H,3-4,9-15H2,1-2H3. The summed E-state index contributed by atoms with van der Waals surface area (Å²) in [5.41, 5.74) is 2.75. The molecular weight excluding hydrogens is 276 g/mol. The molecule has 4 heteroatoms. The maximum atomic E-state index is 11.7. The highest BCUT2D eigenvalue weighted by Crippen LogP contribution is 2.12. The molecule has 2 rings (SSSR count). The topological polar surface area (TPSA) is 32.8 Å². The molecule has 0 aliphatic carbocycles. The zero-order valence-electron chi connectivity index (χ0n) is 13.9. The molecule has 0 aromatic heterocycles. The Labute approximate surface area is 134 Å². The number of ether oxygens (including phenoxy) is 1. The fraction of sp³-hybridized carbons (Fsp3) is 0.611. The predicted octanol–water partition coefficient (Wildman–Crippen LogP) is 2.46. The van der Waals surface area contributed by atoms with Crippen LogP contribution in [0.25, 0.3) is 0 Å². The number of piperazine rings is 1. The highest BCUT2D eigenvalue weighted by atomic mass is 16.5. The van der Waals surface area contributed by atoms with Gasteiger partial charge in [0.2, 0.25) is 0 Å². The van der Waals surface area contributed by atoms with Crippen LogP contribution in [-0.2, 0) is 16.1 Å². The second-order valence-corrected chi connectivity index (χ2v) is 6.05. The van der Waals surface area contributed by atoms with Gasteiger partial charge in [0, 0.05) is 32.7 Å². The van der Waals surface area contributed by atoms with Crippen molar-refractivity contribution in [3.05, 3.63) is 35.4 Å². The second-order valence-electron chi connectivity index (χ2n) is 6.05. The first kappa shape index (κ1) is 17.0. The quantitative estimate of drug-likeness (QED) is 0.572. The van der Waals surface area contributed by atoms with Crippen LogP contribution < -0.4 is 0 Å². The highest BCUT2D eigenvalue weighted by Gasteiger charge is 2.19. The minimum Gasteiger partial charge on any atom is -0.465 e. The van der Waals surface area contributed by atoms with E-state index in [1.54, 1.807) is 0 Å². The van der Waals surface area contributed by atoms with Gasteiger partial charge < -0.3 is 4.74 Å². The van der Waals surface area contributed by atoms with Gasteiger partial charge >= 0.3 is 5.97 Å². The fourth-order valence-electron chi connectivity index (χ4n) is 2.69. The molecule has 4 nitrogen and oxygen atoms in total. The lowest BCUT2D eigenvalue weighted by atomic mass is 10.1. The van der Waals surface area contributed by atoms with Gasteiger partial charge in [0.05, 0.1) is 13.2 Å². The van der Waals surface area contributed by atoms with E-state index in [4.69, 9.17) is 4.74 Å². The SMILES string of the molecule is CCCCOC(=O)CN1CCN(Cc2ccccc2C)CC1. The Morgan fingerprint density at radius 2 is 1.82 bits per heavy atom. The number of unbranched alkanes of at least 4 members (excludes halogenated alkanes) is 1. The number of carbonyl (C=O) groups excluding carboxylic acids is 1. The van der Waals surface area contributed by atoms with Crippen molar-refractivity contribution in [2.45, 2.75) is 33.2 Å². The molecule has 1 saturated heterocycles. The molecule has 0 spiro atoms. The number of benzene rings is 1. The van der Waals surface area contributed by atoms with Gasteiger partial charge in [-0.3, -0.25) is 14.6 Å². The van der Waals surface area contributed by atoms with Gasteiger partial charge in [-0.25, -0.2) is 0 Å². The monoisotopic (exact) mass is 304 g/mol. The van der Waals surface area contributed by atoms with Gasteiger partial charge in [-0.05, 0) is 24.5 Å². The molecule has 1 aromatic carbocycles. The number of rotatable bonds is 7. The maximum Gasteiger partial charge on any atom is 0.320 e. The van der Waals surface area contributed by atoms with Crippen molar-refractivity contribution in [2.75, 3.05) is 39.3 Å². The molecule has 1 fully saturated rings. The predicted molar refractivity (Wildman–Crippen MR) is 88.8 cm³/mol.